The number of carbonyl (C=O) groups is 2. The molecular formula is C19H20N2O3. The third kappa shape index (κ3) is 3.25. The van der Waals surface area contributed by atoms with E-state index in [4.69, 9.17) is 4.74 Å². The number of hydrogen-bond donors (Lipinski definition) is 1. The molecule has 3 rings (SSSR count). The fraction of sp³-hybridized carbons (Fsp3) is 0.263. The Hall–Kier alpha value is -2.82. The fourth-order valence-corrected chi connectivity index (χ4v) is 2.83. The molecule has 2 amide bonds. The van der Waals surface area contributed by atoms with Gasteiger partial charge < -0.3 is 10.1 Å². The van der Waals surface area contributed by atoms with E-state index in [2.05, 4.69) is 5.32 Å². The number of anilines is 2. The van der Waals surface area contributed by atoms with Gasteiger partial charge in [-0.15, -0.1) is 0 Å². The zero-order valence-electron chi connectivity index (χ0n) is 13.8. The molecule has 0 bridgehead atoms. The molecule has 0 saturated heterocycles. The summed E-state index contributed by atoms with van der Waals surface area (Å²) < 4.78 is 5.59. The highest BCUT2D eigenvalue weighted by Gasteiger charge is 2.25. The SMILES string of the molecule is Cc1cccc(C)c1NC(=O)CN1C(=O)CCOc2ccccc21. The lowest BCUT2D eigenvalue weighted by Crippen LogP contribution is -2.37. The van der Waals surface area contributed by atoms with Crippen molar-refractivity contribution in [3.05, 3.63) is 53.6 Å². The molecule has 2 aromatic rings. The first kappa shape index (κ1) is 16.1. The second kappa shape index (κ2) is 6.74. The third-order valence-corrected chi connectivity index (χ3v) is 4.08. The van der Waals surface area contributed by atoms with Gasteiger partial charge >= 0.3 is 0 Å². The van der Waals surface area contributed by atoms with Crippen LogP contribution in [0.3, 0.4) is 0 Å². The highest BCUT2D eigenvalue weighted by Crippen LogP contribution is 2.31. The molecule has 0 aliphatic carbocycles. The first-order chi connectivity index (χ1) is 11.6. The maximum atomic E-state index is 12.5. The van der Waals surface area contributed by atoms with E-state index < -0.39 is 0 Å². The van der Waals surface area contributed by atoms with Gasteiger partial charge in [0.2, 0.25) is 11.8 Å². The van der Waals surface area contributed by atoms with Crippen LogP contribution in [0.25, 0.3) is 0 Å². The van der Waals surface area contributed by atoms with Crippen LogP contribution in [0.15, 0.2) is 42.5 Å². The normalized spacial score (nSPS) is 13.8. The van der Waals surface area contributed by atoms with E-state index in [1.807, 2.05) is 50.2 Å². The van der Waals surface area contributed by atoms with Crippen molar-refractivity contribution in [2.45, 2.75) is 20.3 Å². The average Bonchev–Trinajstić information content (AvgIpc) is 2.71. The molecule has 124 valence electrons. The maximum absolute atomic E-state index is 12.5. The first-order valence-electron chi connectivity index (χ1n) is 7.94. The van der Waals surface area contributed by atoms with Crippen LogP contribution in [0.2, 0.25) is 0 Å². The number of nitrogens with one attached hydrogen (secondary N) is 1. The molecule has 0 fully saturated rings. The second-order valence-electron chi connectivity index (χ2n) is 5.86. The minimum absolute atomic E-state index is 0.0347. The topological polar surface area (TPSA) is 58.6 Å². The number of benzene rings is 2. The Morgan fingerprint density at radius 3 is 2.58 bits per heavy atom. The molecule has 1 N–H and O–H groups in total. The lowest BCUT2D eigenvalue weighted by Gasteiger charge is -2.22. The van der Waals surface area contributed by atoms with Crippen molar-refractivity contribution in [1.82, 2.24) is 0 Å². The van der Waals surface area contributed by atoms with Gasteiger partial charge in [0.1, 0.15) is 12.3 Å². The molecule has 0 saturated carbocycles. The van der Waals surface area contributed by atoms with Crippen LogP contribution in [0.1, 0.15) is 17.5 Å². The van der Waals surface area contributed by atoms with Gasteiger partial charge in [-0.3, -0.25) is 14.5 Å². The molecule has 5 heteroatoms. The number of fused-ring (bicyclic) bond motifs is 1. The summed E-state index contributed by atoms with van der Waals surface area (Å²) in [5, 5.41) is 2.92. The van der Waals surface area contributed by atoms with E-state index >= 15 is 0 Å². The second-order valence-corrected chi connectivity index (χ2v) is 5.86. The third-order valence-electron chi connectivity index (χ3n) is 4.08. The standard InChI is InChI=1S/C19H20N2O3/c1-13-6-5-7-14(2)19(13)20-17(22)12-21-15-8-3-4-9-16(15)24-11-10-18(21)23/h3-9H,10-12H2,1-2H3,(H,20,22). The summed E-state index contributed by atoms with van der Waals surface area (Å²) in [6, 6.07) is 13.1. The van der Waals surface area contributed by atoms with Crippen molar-refractivity contribution in [2.24, 2.45) is 0 Å². The van der Waals surface area contributed by atoms with Crippen molar-refractivity contribution in [3.63, 3.8) is 0 Å². The van der Waals surface area contributed by atoms with Crippen molar-refractivity contribution in [2.75, 3.05) is 23.4 Å². The Labute approximate surface area is 141 Å². The number of hydrogen-bond acceptors (Lipinski definition) is 3. The minimum atomic E-state index is -0.225. The van der Waals surface area contributed by atoms with E-state index in [9.17, 15) is 9.59 Å². The zero-order chi connectivity index (χ0) is 17.1. The lowest BCUT2D eigenvalue weighted by atomic mass is 10.1. The number of aryl methyl sites for hydroxylation is 2. The summed E-state index contributed by atoms with van der Waals surface area (Å²) >= 11 is 0. The summed E-state index contributed by atoms with van der Waals surface area (Å²) in [6.45, 7) is 4.18. The van der Waals surface area contributed by atoms with Crippen LogP contribution in [0.5, 0.6) is 5.75 Å². The fourth-order valence-electron chi connectivity index (χ4n) is 2.83. The molecule has 5 nitrogen and oxygen atoms in total. The molecule has 0 radical (unpaired) electrons. The molecule has 1 aliphatic rings. The Morgan fingerprint density at radius 1 is 1.12 bits per heavy atom. The molecule has 24 heavy (non-hydrogen) atoms. The van der Waals surface area contributed by atoms with E-state index in [0.717, 1.165) is 16.8 Å². The smallest absolute Gasteiger partial charge is 0.244 e. The molecule has 0 spiro atoms. The van der Waals surface area contributed by atoms with Gasteiger partial charge in [-0.25, -0.2) is 0 Å². The maximum Gasteiger partial charge on any atom is 0.244 e. The summed E-state index contributed by atoms with van der Waals surface area (Å²) in [5.74, 6) is 0.289. The van der Waals surface area contributed by atoms with Crippen molar-refractivity contribution < 1.29 is 14.3 Å². The summed E-state index contributed by atoms with van der Waals surface area (Å²) in [7, 11) is 0. The van der Waals surface area contributed by atoms with Crippen molar-refractivity contribution in [1.29, 1.82) is 0 Å². The number of amides is 2. The van der Waals surface area contributed by atoms with E-state index in [1.165, 1.54) is 4.90 Å². The highest BCUT2D eigenvalue weighted by molar-refractivity contribution is 6.04. The van der Waals surface area contributed by atoms with Crippen LogP contribution in [0.4, 0.5) is 11.4 Å². The average molecular weight is 324 g/mol. The molecule has 2 aromatic carbocycles. The van der Waals surface area contributed by atoms with Gasteiger partial charge in [0.15, 0.2) is 0 Å². The summed E-state index contributed by atoms with van der Waals surface area (Å²) in [6.07, 6.45) is 0.255. The predicted octanol–water partition coefficient (Wildman–Crippen LogP) is 3.06. The molecule has 0 atom stereocenters. The number of nitrogens with zero attached hydrogens (tertiary/aromatic N) is 1. The van der Waals surface area contributed by atoms with Crippen LogP contribution in [-0.4, -0.2) is 25.0 Å². The first-order valence-corrected chi connectivity index (χ1v) is 7.94. The number of para-hydroxylation sites is 3. The van der Waals surface area contributed by atoms with Crippen LogP contribution >= 0.6 is 0 Å². The van der Waals surface area contributed by atoms with Gasteiger partial charge in [-0.05, 0) is 37.1 Å². The van der Waals surface area contributed by atoms with E-state index in [1.54, 1.807) is 6.07 Å². The highest BCUT2D eigenvalue weighted by atomic mass is 16.5. The molecule has 1 heterocycles. The summed E-state index contributed by atoms with van der Waals surface area (Å²) in [5.41, 5.74) is 3.43. The Morgan fingerprint density at radius 2 is 1.83 bits per heavy atom. The minimum Gasteiger partial charge on any atom is -0.491 e. The number of rotatable bonds is 3. The van der Waals surface area contributed by atoms with Crippen LogP contribution < -0.4 is 15.0 Å². The van der Waals surface area contributed by atoms with Gasteiger partial charge in [-0.2, -0.15) is 0 Å². The molecule has 0 unspecified atom stereocenters. The monoisotopic (exact) mass is 324 g/mol. The number of ether oxygens (including phenoxy) is 1. The predicted molar refractivity (Wildman–Crippen MR) is 93.5 cm³/mol. The van der Waals surface area contributed by atoms with Gasteiger partial charge in [-0.1, -0.05) is 30.3 Å². The quantitative estimate of drug-likeness (QED) is 0.944. The Balaban J connectivity index is 1.82. The summed E-state index contributed by atoms with van der Waals surface area (Å²) in [4.78, 5) is 26.4. The van der Waals surface area contributed by atoms with Crippen molar-refractivity contribution >= 4 is 23.2 Å². The van der Waals surface area contributed by atoms with Crippen LogP contribution in [0, 0.1) is 13.8 Å². The van der Waals surface area contributed by atoms with Crippen LogP contribution in [-0.2, 0) is 9.59 Å². The lowest BCUT2D eigenvalue weighted by molar-refractivity contribution is -0.121. The largest absolute Gasteiger partial charge is 0.491 e. The zero-order valence-corrected chi connectivity index (χ0v) is 13.8. The Kier molecular flexibility index (Phi) is 4.51. The molecule has 0 aromatic heterocycles. The van der Waals surface area contributed by atoms with E-state index in [0.29, 0.717) is 18.0 Å². The Bertz CT molecular complexity index is 766. The number of carbonyl (C=O) groups excluding carboxylic acids is 2. The van der Waals surface area contributed by atoms with Gasteiger partial charge in [0.05, 0.1) is 18.7 Å². The van der Waals surface area contributed by atoms with Crippen molar-refractivity contribution in [3.8, 4) is 5.75 Å². The van der Waals surface area contributed by atoms with Gasteiger partial charge in [0, 0.05) is 5.69 Å². The van der Waals surface area contributed by atoms with Gasteiger partial charge in [0.25, 0.3) is 0 Å². The molecular weight excluding hydrogens is 304 g/mol. The molecule has 1 aliphatic heterocycles. The van der Waals surface area contributed by atoms with E-state index in [-0.39, 0.29) is 24.8 Å².